The van der Waals surface area contributed by atoms with Crippen LogP contribution in [0.25, 0.3) is 0 Å². The molecule has 0 bridgehead atoms. The molecule has 2 rings (SSSR count). The Morgan fingerprint density at radius 2 is 2.25 bits per heavy atom. The molecular weight excluding hydrogens is 205 g/mol. The van der Waals surface area contributed by atoms with Gasteiger partial charge in [-0.2, -0.15) is 0 Å². The van der Waals surface area contributed by atoms with Crippen LogP contribution in [0.15, 0.2) is 24.3 Å². The highest BCUT2D eigenvalue weighted by Crippen LogP contribution is 2.18. The maximum atomic E-state index is 12.9. The molecule has 2 nitrogen and oxygen atoms in total. The van der Waals surface area contributed by atoms with Gasteiger partial charge < -0.3 is 5.32 Å². The Morgan fingerprint density at radius 1 is 1.44 bits per heavy atom. The SMILES string of the molecule is O=C(CCNC1CC1)Cc1cccc(F)c1. The van der Waals surface area contributed by atoms with Gasteiger partial charge in [-0.15, -0.1) is 0 Å². The van der Waals surface area contributed by atoms with Crippen molar-refractivity contribution in [1.29, 1.82) is 0 Å². The number of halogens is 1. The van der Waals surface area contributed by atoms with Gasteiger partial charge in [-0.05, 0) is 30.5 Å². The van der Waals surface area contributed by atoms with Crippen LogP contribution < -0.4 is 5.32 Å². The van der Waals surface area contributed by atoms with Crippen molar-refractivity contribution in [2.45, 2.75) is 31.7 Å². The van der Waals surface area contributed by atoms with Crippen LogP contribution in [0.3, 0.4) is 0 Å². The van der Waals surface area contributed by atoms with E-state index in [9.17, 15) is 9.18 Å². The molecule has 1 aliphatic rings. The molecule has 0 heterocycles. The normalized spacial score (nSPS) is 15.1. The highest BCUT2D eigenvalue weighted by Gasteiger charge is 2.20. The van der Waals surface area contributed by atoms with Crippen LogP contribution in [0.5, 0.6) is 0 Å². The van der Waals surface area contributed by atoms with Crippen molar-refractivity contribution in [2.24, 2.45) is 0 Å². The summed E-state index contributed by atoms with van der Waals surface area (Å²) in [5.41, 5.74) is 0.761. The monoisotopic (exact) mass is 221 g/mol. The lowest BCUT2D eigenvalue weighted by molar-refractivity contribution is -0.118. The molecule has 0 amide bonds. The van der Waals surface area contributed by atoms with Gasteiger partial charge in [0.15, 0.2) is 0 Å². The van der Waals surface area contributed by atoms with E-state index >= 15 is 0 Å². The number of Topliss-reactive ketones (excluding diaryl/α,β-unsaturated/α-hetero) is 1. The molecule has 0 atom stereocenters. The molecule has 0 saturated heterocycles. The molecule has 1 saturated carbocycles. The van der Waals surface area contributed by atoms with Gasteiger partial charge in [-0.25, -0.2) is 4.39 Å². The van der Waals surface area contributed by atoms with Crippen molar-refractivity contribution in [3.8, 4) is 0 Å². The Kier molecular flexibility index (Phi) is 3.67. The molecule has 1 aliphatic carbocycles. The highest BCUT2D eigenvalue weighted by atomic mass is 19.1. The first-order valence-electron chi connectivity index (χ1n) is 5.73. The molecule has 0 aliphatic heterocycles. The molecule has 1 N–H and O–H groups in total. The Hall–Kier alpha value is -1.22. The van der Waals surface area contributed by atoms with Crippen molar-refractivity contribution in [2.75, 3.05) is 6.54 Å². The van der Waals surface area contributed by atoms with Crippen LogP contribution in [0.4, 0.5) is 4.39 Å². The average Bonchev–Trinajstić information content (AvgIpc) is 3.01. The first-order chi connectivity index (χ1) is 7.74. The predicted octanol–water partition coefficient (Wildman–Crippen LogP) is 2.08. The van der Waals surface area contributed by atoms with Gasteiger partial charge in [0.25, 0.3) is 0 Å². The first kappa shape index (κ1) is 11.3. The summed E-state index contributed by atoms with van der Waals surface area (Å²) in [5, 5.41) is 3.29. The summed E-state index contributed by atoms with van der Waals surface area (Å²) in [6.07, 6.45) is 3.34. The highest BCUT2D eigenvalue weighted by molar-refractivity contribution is 5.81. The Balaban J connectivity index is 1.73. The summed E-state index contributed by atoms with van der Waals surface area (Å²) in [6, 6.07) is 6.88. The fourth-order valence-corrected chi connectivity index (χ4v) is 1.67. The van der Waals surface area contributed by atoms with Gasteiger partial charge in [0, 0.05) is 25.4 Å². The third-order valence-electron chi connectivity index (χ3n) is 2.70. The minimum absolute atomic E-state index is 0.166. The van der Waals surface area contributed by atoms with Crippen molar-refractivity contribution >= 4 is 5.78 Å². The van der Waals surface area contributed by atoms with Crippen molar-refractivity contribution in [3.05, 3.63) is 35.6 Å². The standard InChI is InChI=1S/C13H16FNO/c14-11-3-1-2-10(8-11)9-13(16)6-7-15-12-4-5-12/h1-3,8,12,15H,4-7,9H2. The van der Waals surface area contributed by atoms with E-state index in [-0.39, 0.29) is 11.6 Å². The van der Waals surface area contributed by atoms with E-state index in [0.717, 1.165) is 12.1 Å². The van der Waals surface area contributed by atoms with E-state index in [2.05, 4.69) is 5.32 Å². The van der Waals surface area contributed by atoms with E-state index in [4.69, 9.17) is 0 Å². The maximum Gasteiger partial charge on any atom is 0.138 e. The molecular formula is C13H16FNO. The van der Waals surface area contributed by atoms with Crippen LogP contribution in [0, 0.1) is 5.82 Å². The topological polar surface area (TPSA) is 29.1 Å². The van der Waals surface area contributed by atoms with Gasteiger partial charge in [0.1, 0.15) is 11.6 Å². The second-order valence-electron chi connectivity index (χ2n) is 4.32. The minimum atomic E-state index is -0.276. The molecule has 0 unspecified atom stereocenters. The number of ketones is 1. The molecule has 16 heavy (non-hydrogen) atoms. The van der Waals surface area contributed by atoms with E-state index in [1.54, 1.807) is 12.1 Å². The number of carbonyl (C=O) groups is 1. The van der Waals surface area contributed by atoms with Gasteiger partial charge in [-0.3, -0.25) is 4.79 Å². The number of rotatable bonds is 6. The van der Waals surface area contributed by atoms with Gasteiger partial charge in [0.2, 0.25) is 0 Å². The predicted molar refractivity (Wildman–Crippen MR) is 60.8 cm³/mol. The van der Waals surface area contributed by atoms with Crippen LogP contribution in [0.1, 0.15) is 24.8 Å². The number of hydrogen-bond acceptors (Lipinski definition) is 2. The van der Waals surface area contributed by atoms with Crippen LogP contribution in [-0.2, 0) is 11.2 Å². The summed E-state index contributed by atoms with van der Waals surface area (Å²) in [5.74, 6) is -0.111. The Labute approximate surface area is 94.9 Å². The third kappa shape index (κ3) is 3.74. The fraction of sp³-hybridized carbons (Fsp3) is 0.462. The number of carbonyl (C=O) groups excluding carboxylic acids is 1. The van der Waals surface area contributed by atoms with Gasteiger partial charge in [0.05, 0.1) is 0 Å². The lowest BCUT2D eigenvalue weighted by Crippen LogP contribution is -2.20. The lowest BCUT2D eigenvalue weighted by atomic mass is 10.1. The summed E-state index contributed by atoms with van der Waals surface area (Å²) >= 11 is 0. The van der Waals surface area contributed by atoms with Crippen molar-refractivity contribution < 1.29 is 9.18 Å². The zero-order valence-electron chi connectivity index (χ0n) is 9.21. The van der Waals surface area contributed by atoms with Crippen LogP contribution in [-0.4, -0.2) is 18.4 Å². The largest absolute Gasteiger partial charge is 0.314 e. The molecule has 1 aromatic rings. The van der Waals surface area contributed by atoms with Crippen LogP contribution in [0.2, 0.25) is 0 Å². The molecule has 1 fully saturated rings. The molecule has 1 aromatic carbocycles. The average molecular weight is 221 g/mol. The lowest BCUT2D eigenvalue weighted by Gasteiger charge is -2.03. The molecule has 86 valence electrons. The number of nitrogens with one attached hydrogen (secondary N) is 1. The summed E-state index contributed by atoms with van der Waals surface area (Å²) in [4.78, 5) is 11.6. The summed E-state index contributed by atoms with van der Waals surface area (Å²) < 4.78 is 12.9. The Bertz CT molecular complexity index is 374. The molecule has 0 radical (unpaired) electrons. The Morgan fingerprint density at radius 3 is 2.94 bits per heavy atom. The number of benzene rings is 1. The van der Waals surface area contributed by atoms with Gasteiger partial charge >= 0.3 is 0 Å². The van der Waals surface area contributed by atoms with Gasteiger partial charge in [-0.1, -0.05) is 12.1 Å². The summed E-state index contributed by atoms with van der Waals surface area (Å²) in [7, 11) is 0. The van der Waals surface area contributed by atoms with Crippen LogP contribution >= 0.6 is 0 Å². The maximum absolute atomic E-state index is 12.9. The first-order valence-corrected chi connectivity index (χ1v) is 5.73. The zero-order chi connectivity index (χ0) is 11.4. The fourth-order valence-electron chi connectivity index (χ4n) is 1.67. The quantitative estimate of drug-likeness (QED) is 0.796. The molecule has 0 spiro atoms. The van der Waals surface area contributed by atoms with E-state index in [1.807, 2.05) is 0 Å². The smallest absolute Gasteiger partial charge is 0.138 e. The second-order valence-corrected chi connectivity index (χ2v) is 4.32. The zero-order valence-corrected chi connectivity index (χ0v) is 9.21. The number of hydrogen-bond donors (Lipinski definition) is 1. The second kappa shape index (κ2) is 5.21. The molecule has 0 aromatic heterocycles. The minimum Gasteiger partial charge on any atom is -0.314 e. The van der Waals surface area contributed by atoms with E-state index < -0.39 is 0 Å². The van der Waals surface area contributed by atoms with Crippen molar-refractivity contribution in [1.82, 2.24) is 5.32 Å². The third-order valence-corrected chi connectivity index (χ3v) is 2.70. The van der Waals surface area contributed by atoms with Crippen molar-refractivity contribution in [3.63, 3.8) is 0 Å². The van der Waals surface area contributed by atoms with E-state index in [1.165, 1.54) is 25.0 Å². The molecule has 3 heteroatoms. The summed E-state index contributed by atoms with van der Waals surface area (Å²) in [6.45, 7) is 0.749. The van der Waals surface area contributed by atoms with E-state index in [0.29, 0.717) is 18.9 Å².